The minimum Gasteiger partial charge on any atom is -0.374 e. The number of morpholine rings is 1. The summed E-state index contributed by atoms with van der Waals surface area (Å²) in [5, 5.41) is 8.97. The first kappa shape index (κ1) is 15.3. The van der Waals surface area contributed by atoms with Crippen molar-refractivity contribution in [1.29, 1.82) is 5.26 Å². The van der Waals surface area contributed by atoms with Crippen LogP contribution < -0.4 is 0 Å². The molecule has 1 aliphatic rings. The monoisotopic (exact) mass is 306 g/mol. The molecule has 0 spiro atoms. The fraction of sp³-hybridized carbons (Fsp3) is 0.263. The van der Waals surface area contributed by atoms with Gasteiger partial charge in [0.25, 0.3) is 5.91 Å². The Hall–Kier alpha value is -2.64. The molecule has 23 heavy (non-hydrogen) atoms. The highest BCUT2D eigenvalue weighted by atomic mass is 16.5. The maximum Gasteiger partial charge on any atom is 0.254 e. The molecule has 4 heteroatoms. The summed E-state index contributed by atoms with van der Waals surface area (Å²) in [6.45, 7) is 1.70. The number of amides is 1. The van der Waals surface area contributed by atoms with Gasteiger partial charge in [-0.3, -0.25) is 4.79 Å². The van der Waals surface area contributed by atoms with Gasteiger partial charge >= 0.3 is 0 Å². The third-order valence-corrected chi connectivity index (χ3v) is 3.97. The van der Waals surface area contributed by atoms with E-state index in [0.717, 1.165) is 6.42 Å². The van der Waals surface area contributed by atoms with Gasteiger partial charge in [0, 0.05) is 25.1 Å². The SMILES string of the molecule is N#Cc1cccc(C(=O)N2CCOC(Cc3ccccc3)C2)c1. The molecule has 0 aliphatic carbocycles. The molecule has 1 fully saturated rings. The Morgan fingerprint density at radius 2 is 2.04 bits per heavy atom. The molecule has 1 amide bonds. The number of benzene rings is 2. The highest BCUT2D eigenvalue weighted by Gasteiger charge is 2.25. The molecule has 0 aromatic heterocycles. The standard InChI is InChI=1S/C19H18N2O2/c20-13-16-7-4-8-17(11-16)19(22)21-9-10-23-18(14-21)12-15-5-2-1-3-6-15/h1-8,11,18H,9-10,12,14H2. The Morgan fingerprint density at radius 3 is 2.83 bits per heavy atom. The lowest BCUT2D eigenvalue weighted by Gasteiger charge is -2.33. The zero-order valence-corrected chi connectivity index (χ0v) is 12.8. The molecule has 116 valence electrons. The van der Waals surface area contributed by atoms with Crippen molar-refractivity contribution >= 4 is 5.91 Å². The van der Waals surface area contributed by atoms with E-state index in [1.165, 1.54) is 5.56 Å². The van der Waals surface area contributed by atoms with Crippen LogP contribution in [0, 0.1) is 11.3 Å². The van der Waals surface area contributed by atoms with Gasteiger partial charge in [0.1, 0.15) is 0 Å². The Labute approximate surface area is 135 Å². The largest absolute Gasteiger partial charge is 0.374 e. The molecule has 0 radical (unpaired) electrons. The van der Waals surface area contributed by atoms with Crippen LogP contribution in [0.15, 0.2) is 54.6 Å². The second-order valence-electron chi connectivity index (χ2n) is 5.63. The number of nitriles is 1. The molecular weight excluding hydrogens is 288 g/mol. The Bertz CT molecular complexity index is 722. The molecule has 1 aliphatic heterocycles. The fourth-order valence-electron chi connectivity index (χ4n) is 2.81. The van der Waals surface area contributed by atoms with Gasteiger partial charge in [-0.1, -0.05) is 36.4 Å². The quantitative estimate of drug-likeness (QED) is 0.876. The van der Waals surface area contributed by atoms with E-state index in [1.54, 1.807) is 24.3 Å². The molecule has 3 rings (SSSR count). The van der Waals surface area contributed by atoms with Crippen molar-refractivity contribution in [3.8, 4) is 6.07 Å². The van der Waals surface area contributed by atoms with Crippen molar-refractivity contribution in [3.05, 3.63) is 71.3 Å². The molecule has 4 nitrogen and oxygen atoms in total. The first-order chi connectivity index (χ1) is 11.3. The van der Waals surface area contributed by atoms with Gasteiger partial charge in [-0.2, -0.15) is 5.26 Å². The number of carbonyl (C=O) groups is 1. The zero-order chi connectivity index (χ0) is 16.1. The number of rotatable bonds is 3. The highest BCUT2D eigenvalue weighted by Crippen LogP contribution is 2.15. The van der Waals surface area contributed by atoms with Gasteiger partial charge in [0.2, 0.25) is 0 Å². The van der Waals surface area contributed by atoms with Crippen LogP contribution >= 0.6 is 0 Å². The number of ether oxygens (including phenoxy) is 1. The summed E-state index contributed by atoms with van der Waals surface area (Å²) in [4.78, 5) is 14.4. The Balaban J connectivity index is 1.68. The number of carbonyl (C=O) groups excluding carboxylic acids is 1. The minimum absolute atomic E-state index is 0.00856. The number of hydrogen-bond donors (Lipinski definition) is 0. The summed E-state index contributed by atoms with van der Waals surface area (Å²) in [6, 6.07) is 19.1. The summed E-state index contributed by atoms with van der Waals surface area (Å²) in [7, 11) is 0. The zero-order valence-electron chi connectivity index (χ0n) is 12.8. The first-order valence-corrected chi connectivity index (χ1v) is 7.71. The van der Waals surface area contributed by atoms with Gasteiger partial charge in [-0.15, -0.1) is 0 Å². The van der Waals surface area contributed by atoms with Crippen LogP contribution in [0.4, 0.5) is 0 Å². The highest BCUT2D eigenvalue weighted by molar-refractivity contribution is 5.94. The van der Waals surface area contributed by atoms with E-state index in [1.807, 2.05) is 23.1 Å². The predicted molar refractivity (Wildman–Crippen MR) is 86.9 cm³/mol. The normalized spacial score (nSPS) is 17.5. The summed E-state index contributed by atoms with van der Waals surface area (Å²) in [6.07, 6.45) is 0.803. The maximum atomic E-state index is 12.6. The van der Waals surface area contributed by atoms with Gasteiger partial charge in [-0.25, -0.2) is 0 Å². The third kappa shape index (κ3) is 3.77. The van der Waals surface area contributed by atoms with Crippen molar-refractivity contribution in [1.82, 2.24) is 4.90 Å². The smallest absolute Gasteiger partial charge is 0.254 e. The summed E-state index contributed by atoms with van der Waals surface area (Å²) in [5.41, 5.74) is 2.27. The van der Waals surface area contributed by atoms with E-state index in [0.29, 0.717) is 30.8 Å². The summed E-state index contributed by atoms with van der Waals surface area (Å²) < 4.78 is 5.80. The molecule has 2 aromatic carbocycles. The van der Waals surface area contributed by atoms with Crippen LogP contribution in [-0.4, -0.2) is 36.6 Å². The lowest BCUT2D eigenvalue weighted by Crippen LogP contribution is -2.46. The molecule has 1 heterocycles. The van der Waals surface area contributed by atoms with Crippen molar-refractivity contribution in [2.75, 3.05) is 19.7 Å². The van der Waals surface area contributed by atoms with Gasteiger partial charge in [0.15, 0.2) is 0 Å². The summed E-state index contributed by atoms with van der Waals surface area (Å²) >= 11 is 0. The van der Waals surface area contributed by atoms with Gasteiger partial charge < -0.3 is 9.64 Å². The Morgan fingerprint density at radius 1 is 1.22 bits per heavy atom. The molecular formula is C19H18N2O2. The van der Waals surface area contributed by atoms with Gasteiger partial charge in [-0.05, 0) is 23.8 Å². The Kier molecular flexibility index (Phi) is 4.70. The second-order valence-corrected chi connectivity index (χ2v) is 5.63. The third-order valence-electron chi connectivity index (χ3n) is 3.97. The van der Waals surface area contributed by atoms with E-state index in [9.17, 15) is 4.79 Å². The van der Waals surface area contributed by atoms with Crippen LogP contribution in [0.25, 0.3) is 0 Å². The molecule has 0 bridgehead atoms. The molecule has 1 unspecified atom stereocenters. The molecule has 0 N–H and O–H groups in total. The molecule has 0 saturated carbocycles. The lowest BCUT2D eigenvalue weighted by atomic mass is 10.1. The van der Waals surface area contributed by atoms with Crippen molar-refractivity contribution in [3.63, 3.8) is 0 Å². The van der Waals surface area contributed by atoms with E-state index < -0.39 is 0 Å². The van der Waals surface area contributed by atoms with Crippen LogP contribution in [0.2, 0.25) is 0 Å². The second kappa shape index (κ2) is 7.08. The fourth-order valence-corrected chi connectivity index (χ4v) is 2.81. The van der Waals surface area contributed by atoms with E-state index in [2.05, 4.69) is 18.2 Å². The molecule has 2 aromatic rings. The van der Waals surface area contributed by atoms with E-state index in [4.69, 9.17) is 10.00 Å². The predicted octanol–water partition coefficient (Wildman–Crippen LogP) is 2.64. The average Bonchev–Trinajstić information content (AvgIpc) is 2.62. The van der Waals surface area contributed by atoms with E-state index in [-0.39, 0.29) is 12.0 Å². The number of nitrogens with zero attached hydrogens (tertiary/aromatic N) is 2. The maximum absolute atomic E-state index is 12.6. The average molecular weight is 306 g/mol. The first-order valence-electron chi connectivity index (χ1n) is 7.71. The molecule has 1 atom stereocenters. The van der Waals surface area contributed by atoms with Crippen LogP contribution in [-0.2, 0) is 11.2 Å². The summed E-state index contributed by atoms with van der Waals surface area (Å²) in [5.74, 6) is -0.0385. The molecule has 1 saturated heterocycles. The van der Waals surface area contributed by atoms with Crippen LogP contribution in [0.3, 0.4) is 0 Å². The van der Waals surface area contributed by atoms with Gasteiger partial charge in [0.05, 0.1) is 24.3 Å². The van der Waals surface area contributed by atoms with Crippen molar-refractivity contribution in [2.24, 2.45) is 0 Å². The number of hydrogen-bond acceptors (Lipinski definition) is 3. The minimum atomic E-state index is -0.0385. The lowest BCUT2D eigenvalue weighted by molar-refractivity contribution is -0.0208. The van der Waals surface area contributed by atoms with Crippen LogP contribution in [0.5, 0.6) is 0 Å². The van der Waals surface area contributed by atoms with Crippen molar-refractivity contribution in [2.45, 2.75) is 12.5 Å². The van der Waals surface area contributed by atoms with Crippen LogP contribution in [0.1, 0.15) is 21.5 Å². The van der Waals surface area contributed by atoms with E-state index >= 15 is 0 Å². The van der Waals surface area contributed by atoms with Crippen molar-refractivity contribution < 1.29 is 9.53 Å². The topological polar surface area (TPSA) is 53.3 Å².